The van der Waals surface area contributed by atoms with Crippen LogP contribution in [0.2, 0.25) is 0 Å². The molecule has 0 unspecified atom stereocenters. The van der Waals surface area contributed by atoms with Crippen LogP contribution in [0.15, 0.2) is 66.6 Å². The van der Waals surface area contributed by atoms with Crippen LogP contribution in [0.25, 0.3) is 33.2 Å². The van der Waals surface area contributed by atoms with Crippen LogP contribution in [0.3, 0.4) is 0 Å². The average molecular weight is 782 g/mol. The third kappa shape index (κ3) is 8.57. The number of ketones is 1. The molecule has 0 saturated heterocycles. The van der Waals surface area contributed by atoms with Crippen LogP contribution >= 0.6 is 0 Å². The van der Waals surface area contributed by atoms with Gasteiger partial charge in [-0.3, -0.25) is 14.8 Å². The number of aromatic nitrogens is 2. The molecule has 0 spiro atoms. The summed E-state index contributed by atoms with van der Waals surface area (Å²) >= 11 is 0. The van der Waals surface area contributed by atoms with Crippen molar-refractivity contribution >= 4 is 16.6 Å². The van der Waals surface area contributed by atoms with Crippen LogP contribution in [0, 0.1) is 16.9 Å². The number of fused-ring (bicyclic) bond motifs is 4. The summed E-state index contributed by atoms with van der Waals surface area (Å²) in [5.74, 6) is 0.551. The van der Waals surface area contributed by atoms with Crippen molar-refractivity contribution in [3.63, 3.8) is 0 Å². The van der Waals surface area contributed by atoms with Crippen molar-refractivity contribution in [2.75, 3.05) is 0 Å². The molecule has 45 heavy (non-hydrogen) atoms. The number of aliphatic hydroxyl groups is 1. The van der Waals surface area contributed by atoms with Crippen molar-refractivity contribution in [3.05, 3.63) is 95.1 Å². The van der Waals surface area contributed by atoms with Crippen molar-refractivity contribution in [2.45, 2.75) is 100 Å². The number of carbonyl (C=O) groups is 1. The van der Waals surface area contributed by atoms with Crippen molar-refractivity contribution in [3.8, 4) is 22.4 Å². The monoisotopic (exact) mass is 782 g/mol. The minimum atomic E-state index is -0.417. The summed E-state index contributed by atoms with van der Waals surface area (Å²) in [6, 6.07) is 21.1. The standard InChI is InChI=1S/C29H29N2.C11H20O2.Ir/c1-18(2)26-13-11-23-24-16-28(30-17-20(24)10-12-27(23)31-26)21-14-19-8-6-7-9-22(19)25(15-21)29(3,4)5;1-10(2,3)8(12)7-9(13)11(4,5)6;/h6-9,11,13,15-18H,10,12H2,1-5H3;7,12H,1-6H3;/q-1;;/b;8-7-;. The van der Waals surface area contributed by atoms with E-state index in [9.17, 15) is 9.90 Å². The van der Waals surface area contributed by atoms with E-state index in [-0.39, 0.29) is 42.5 Å². The molecule has 241 valence electrons. The summed E-state index contributed by atoms with van der Waals surface area (Å²) in [6.07, 6.45) is 5.38. The Kier molecular flexibility index (Phi) is 11.1. The topological polar surface area (TPSA) is 63.1 Å². The molecule has 1 aliphatic carbocycles. The van der Waals surface area contributed by atoms with Gasteiger partial charge < -0.3 is 5.11 Å². The van der Waals surface area contributed by atoms with Crippen molar-refractivity contribution in [2.24, 2.45) is 10.8 Å². The summed E-state index contributed by atoms with van der Waals surface area (Å²) in [4.78, 5) is 21.3. The van der Waals surface area contributed by atoms with Crippen LogP contribution in [0.4, 0.5) is 0 Å². The molecule has 4 aromatic rings. The Balaban J connectivity index is 0.000000338. The first-order chi connectivity index (χ1) is 20.4. The Morgan fingerprint density at radius 1 is 0.889 bits per heavy atom. The fourth-order valence-corrected chi connectivity index (χ4v) is 5.16. The number of carbonyl (C=O) groups excluding carboxylic acids is 1. The Labute approximate surface area is 284 Å². The van der Waals surface area contributed by atoms with Gasteiger partial charge in [0, 0.05) is 65.9 Å². The van der Waals surface area contributed by atoms with Crippen LogP contribution in [0.5, 0.6) is 0 Å². The second-order valence-electron chi connectivity index (χ2n) is 15.4. The van der Waals surface area contributed by atoms with Gasteiger partial charge in [0.05, 0.1) is 0 Å². The van der Waals surface area contributed by atoms with E-state index in [1.165, 1.54) is 45.1 Å². The largest absolute Gasteiger partial charge is 0.512 e. The molecular formula is C40H49IrN2O2-. The second kappa shape index (κ2) is 13.7. The zero-order chi connectivity index (χ0) is 32.6. The SMILES string of the molecule is CC(C)(C)C(=O)/C=C(\O)C(C)(C)C.CC(C)c1ccc2c(n1)CCc1cnc(-c3[c-]c4ccccc4c(C(C)(C)C)c3)cc1-2.[Ir]. The molecule has 0 fully saturated rings. The number of nitrogens with zero attached hydrogens (tertiary/aromatic N) is 2. The predicted octanol–water partition coefficient (Wildman–Crippen LogP) is 10.4. The molecular weight excluding hydrogens is 733 g/mol. The maximum absolute atomic E-state index is 11.5. The number of hydrogen-bond donors (Lipinski definition) is 1. The van der Waals surface area contributed by atoms with E-state index < -0.39 is 5.41 Å². The minimum absolute atomic E-state index is 0. The number of benzene rings is 2. The Hall–Kier alpha value is -3.14. The third-order valence-corrected chi connectivity index (χ3v) is 8.13. The number of aryl methyl sites for hydroxylation is 2. The molecule has 1 aliphatic rings. The van der Waals surface area contributed by atoms with Crippen molar-refractivity contribution in [1.82, 2.24) is 9.97 Å². The summed E-state index contributed by atoms with van der Waals surface area (Å²) in [6.45, 7) is 22.3. The van der Waals surface area contributed by atoms with Gasteiger partial charge in [-0.15, -0.1) is 29.1 Å². The number of rotatable bonds is 3. The number of aliphatic hydroxyl groups excluding tert-OH is 1. The van der Waals surface area contributed by atoms with Gasteiger partial charge in [-0.05, 0) is 41.4 Å². The van der Waals surface area contributed by atoms with Gasteiger partial charge in [-0.1, -0.05) is 117 Å². The van der Waals surface area contributed by atoms with E-state index in [0.29, 0.717) is 5.92 Å². The first-order valence-corrected chi connectivity index (χ1v) is 15.8. The van der Waals surface area contributed by atoms with Crippen molar-refractivity contribution in [1.29, 1.82) is 0 Å². The third-order valence-electron chi connectivity index (χ3n) is 8.13. The van der Waals surface area contributed by atoms with Gasteiger partial charge >= 0.3 is 0 Å². The molecule has 0 saturated carbocycles. The molecule has 2 heterocycles. The van der Waals surface area contributed by atoms with E-state index in [0.717, 1.165) is 29.5 Å². The van der Waals surface area contributed by atoms with Crippen LogP contribution in [-0.2, 0) is 43.2 Å². The zero-order valence-electron chi connectivity index (χ0n) is 28.8. The molecule has 0 aliphatic heterocycles. The van der Waals surface area contributed by atoms with Crippen LogP contribution in [0.1, 0.15) is 105 Å². The second-order valence-corrected chi connectivity index (χ2v) is 15.4. The van der Waals surface area contributed by atoms with Gasteiger partial charge in [0.2, 0.25) is 0 Å². The number of hydrogen-bond acceptors (Lipinski definition) is 4. The average Bonchev–Trinajstić information content (AvgIpc) is 2.94. The van der Waals surface area contributed by atoms with Gasteiger partial charge in [0.1, 0.15) is 5.76 Å². The molecule has 1 radical (unpaired) electrons. The zero-order valence-corrected chi connectivity index (χ0v) is 31.2. The molecule has 1 N–H and O–H groups in total. The Bertz CT molecular complexity index is 1710. The smallest absolute Gasteiger partial charge is 0.164 e. The predicted molar refractivity (Wildman–Crippen MR) is 184 cm³/mol. The molecule has 2 aromatic carbocycles. The molecule has 0 amide bonds. The Morgan fingerprint density at radius 2 is 1.56 bits per heavy atom. The summed E-state index contributed by atoms with van der Waals surface area (Å²) in [5.41, 5.74) is 8.89. The van der Waals surface area contributed by atoms with E-state index >= 15 is 0 Å². The van der Waals surface area contributed by atoms with Gasteiger partial charge in [0.25, 0.3) is 0 Å². The summed E-state index contributed by atoms with van der Waals surface area (Å²) in [7, 11) is 0. The van der Waals surface area contributed by atoms with E-state index in [1.54, 1.807) is 0 Å². The van der Waals surface area contributed by atoms with Crippen molar-refractivity contribution < 1.29 is 30.0 Å². The van der Waals surface area contributed by atoms with Crippen LogP contribution < -0.4 is 0 Å². The van der Waals surface area contributed by atoms with Gasteiger partial charge in [-0.2, -0.15) is 0 Å². The molecule has 4 nitrogen and oxygen atoms in total. The normalized spacial score (nSPS) is 13.4. The first-order valence-electron chi connectivity index (χ1n) is 15.8. The maximum Gasteiger partial charge on any atom is 0.164 e. The minimum Gasteiger partial charge on any atom is -0.512 e. The number of allylic oxidation sites excluding steroid dienone is 2. The van der Waals surface area contributed by atoms with Gasteiger partial charge in [-0.25, -0.2) is 0 Å². The quantitative estimate of drug-likeness (QED) is 0.128. The number of pyridine rings is 2. The maximum atomic E-state index is 11.5. The summed E-state index contributed by atoms with van der Waals surface area (Å²) in [5, 5.41) is 12.0. The molecule has 5 heteroatoms. The Morgan fingerprint density at radius 3 is 2.16 bits per heavy atom. The molecule has 0 atom stereocenters. The van der Waals surface area contributed by atoms with E-state index in [1.807, 2.05) is 41.5 Å². The molecule has 5 rings (SSSR count). The van der Waals surface area contributed by atoms with E-state index in [2.05, 4.69) is 95.4 Å². The molecule has 2 aromatic heterocycles. The van der Waals surface area contributed by atoms with E-state index in [4.69, 9.17) is 9.97 Å². The fourth-order valence-electron chi connectivity index (χ4n) is 5.16. The fraction of sp³-hybridized carbons (Fsp3) is 0.425. The molecule has 0 bridgehead atoms. The summed E-state index contributed by atoms with van der Waals surface area (Å²) < 4.78 is 0. The van der Waals surface area contributed by atoms with Gasteiger partial charge in [0.15, 0.2) is 5.78 Å². The first kappa shape index (κ1) is 36.3. The van der Waals surface area contributed by atoms with Crippen LogP contribution in [-0.4, -0.2) is 20.9 Å².